The zero-order valence-electron chi connectivity index (χ0n) is 20.8. The van der Waals surface area contributed by atoms with Crippen LogP contribution in [-0.2, 0) is 13.6 Å². The van der Waals surface area contributed by atoms with Gasteiger partial charge in [-0.05, 0) is 113 Å². The molecule has 30 heavy (non-hydrogen) atoms. The van der Waals surface area contributed by atoms with Gasteiger partial charge in [0.05, 0.1) is 0 Å². The molecule has 3 nitrogen and oxygen atoms in total. The number of fused-ring (bicyclic) bond motifs is 5. The van der Waals surface area contributed by atoms with Gasteiger partial charge in [0.1, 0.15) is 5.78 Å². The lowest BCUT2D eigenvalue weighted by atomic mass is 9.44. The number of hydrogen-bond acceptors (Lipinski definition) is 3. The van der Waals surface area contributed by atoms with Crippen LogP contribution in [-0.4, -0.2) is 34.6 Å². The van der Waals surface area contributed by atoms with Gasteiger partial charge >= 0.3 is 0 Å². The first kappa shape index (κ1) is 23.2. The van der Waals surface area contributed by atoms with Crippen molar-refractivity contribution >= 4 is 22.4 Å². The molecule has 0 aromatic carbocycles. The molecule has 4 aliphatic carbocycles. The summed E-state index contributed by atoms with van der Waals surface area (Å²) in [5, 5.41) is 0. The minimum absolute atomic E-state index is 0.0798. The van der Waals surface area contributed by atoms with E-state index in [1.165, 1.54) is 32.1 Å². The Morgan fingerprint density at radius 2 is 1.50 bits per heavy atom. The van der Waals surface area contributed by atoms with Crippen molar-refractivity contribution in [3.05, 3.63) is 0 Å². The molecule has 0 bridgehead atoms. The van der Waals surface area contributed by atoms with E-state index in [0.717, 1.165) is 25.2 Å². The minimum atomic E-state index is -1.65. The van der Waals surface area contributed by atoms with Gasteiger partial charge < -0.3 is 8.85 Å². The number of ketones is 1. The first-order chi connectivity index (χ1) is 13.7. The number of carbonyl (C=O) groups excluding carboxylic acids is 1. The molecule has 0 aliphatic heterocycles. The normalized spacial score (nSPS) is 46.9. The van der Waals surface area contributed by atoms with Gasteiger partial charge in [0, 0.05) is 24.0 Å². The van der Waals surface area contributed by atoms with Crippen molar-refractivity contribution in [1.29, 1.82) is 0 Å². The third kappa shape index (κ3) is 4.06. The van der Waals surface area contributed by atoms with Crippen molar-refractivity contribution < 1.29 is 13.6 Å². The lowest BCUT2D eigenvalue weighted by Gasteiger charge is -2.63. The van der Waals surface area contributed by atoms with Crippen molar-refractivity contribution in [2.75, 3.05) is 0 Å². The fourth-order valence-corrected chi connectivity index (χ4v) is 10.5. The maximum atomic E-state index is 12.9. The molecule has 5 heteroatoms. The van der Waals surface area contributed by atoms with Crippen LogP contribution in [0.5, 0.6) is 0 Å². The topological polar surface area (TPSA) is 35.5 Å². The Labute approximate surface area is 187 Å². The second-order valence-electron chi connectivity index (χ2n) is 13.5. The number of Topliss-reactive ketones (excluding diaryl/α,β-unsaturated/α-hetero) is 1. The van der Waals surface area contributed by atoms with Crippen molar-refractivity contribution in [2.24, 2.45) is 34.5 Å². The highest BCUT2D eigenvalue weighted by Crippen LogP contribution is 2.66. The predicted molar refractivity (Wildman–Crippen MR) is 129 cm³/mol. The standard InChI is InChI=1S/C25H46O3Si2/c1-24-13-11-18(27-29(3,4)5)15-17(24)16-21(28-30(6,7)8)23-19-9-10-22(26)25(19,2)14-12-20(23)24/h17-21,23H,9-16H2,1-8H3/t17-,18+,19+,20+,21+,23+,24+,25+/m1/s1. The molecule has 0 unspecified atom stereocenters. The number of rotatable bonds is 4. The van der Waals surface area contributed by atoms with Gasteiger partial charge in [-0.15, -0.1) is 0 Å². The van der Waals surface area contributed by atoms with Crippen molar-refractivity contribution in [1.82, 2.24) is 0 Å². The SMILES string of the molecule is C[C@]12CC[C@H](O[Si](C)(C)C)C[C@@H]1C[C@H](O[Si](C)(C)C)[C@@H]1[C@@H]2CC[C@]2(C)C(=O)CC[C@@H]12. The predicted octanol–water partition coefficient (Wildman–Crippen LogP) is 6.65. The molecule has 172 valence electrons. The molecule has 0 heterocycles. The van der Waals surface area contributed by atoms with Crippen molar-refractivity contribution in [2.45, 2.75) is 117 Å². The average Bonchev–Trinajstić information content (AvgIpc) is 2.89. The lowest BCUT2D eigenvalue weighted by Crippen LogP contribution is -2.60. The van der Waals surface area contributed by atoms with Crippen LogP contribution in [0.4, 0.5) is 0 Å². The van der Waals surface area contributed by atoms with E-state index in [-0.39, 0.29) is 5.41 Å². The van der Waals surface area contributed by atoms with Gasteiger partial charge in [-0.2, -0.15) is 0 Å². The second kappa shape index (κ2) is 7.53. The lowest BCUT2D eigenvalue weighted by molar-refractivity contribution is -0.166. The summed E-state index contributed by atoms with van der Waals surface area (Å²) in [6.07, 6.45) is 9.95. The summed E-state index contributed by atoms with van der Waals surface area (Å²) in [7, 11) is -3.16. The molecule has 4 aliphatic rings. The Morgan fingerprint density at radius 3 is 2.13 bits per heavy atom. The molecule has 0 amide bonds. The maximum Gasteiger partial charge on any atom is 0.184 e. The van der Waals surface area contributed by atoms with E-state index in [2.05, 4.69) is 53.1 Å². The minimum Gasteiger partial charge on any atom is -0.415 e. The molecule has 4 rings (SSSR count). The van der Waals surface area contributed by atoms with Gasteiger partial charge in [-0.1, -0.05) is 13.8 Å². The zero-order valence-corrected chi connectivity index (χ0v) is 22.8. The molecule has 0 spiro atoms. The van der Waals surface area contributed by atoms with E-state index < -0.39 is 16.6 Å². The van der Waals surface area contributed by atoms with Gasteiger partial charge in [0.2, 0.25) is 0 Å². The third-order valence-electron chi connectivity index (χ3n) is 9.35. The van der Waals surface area contributed by atoms with E-state index in [4.69, 9.17) is 8.85 Å². The Bertz CT molecular complexity index is 681. The molecule has 0 N–H and O–H groups in total. The number of carbonyl (C=O) groups is 1. The summed E-state index contributed by atoms with van der Waals surface area (Å²) in [5.74, 6) is 3.08. The molecular weight excluding hydrogens is 404 g/mol. The first-order valence-electron chi connectivity index (χ1n) is 12.6. The van der Waals surface area contributed by atoms with Crippen molar-refractivity contribution in [3.8, 4) is 0 Å². The van der Waals surface area contributed by atoms with Gasteiger partial charge in [-0.25, -0.2) is 0 Å². The summed E-state index contributed by atoms with van der Waals surface area (Å²) in [5.41, 5.74) is 0.319. The van der Waals surface area contributed by atoms with Crippen LogP contribution < -0.4 is 0 Å². The molecule has 0 saturated heterocycles. The van der Waals surface area contributed by atoms with E-state index in [1.807, 2.05) is 0 Å². The Morgan fingerprint density at radius 1 is 0.833 bits per heavy atom. The quantitative estimate of drug-likeness (QED) is 0.450. The first-order valence-corrected chi connectivity index (χ1v) is 19.4. The Hall–Kier alpha value is 0.0238. The Balaban J connectivity index is 1.64. The molecule has 4 saturated carbocycles. The molecule has 4 fully saturated rings. The molecule has 0 aromatic heterocycles. The van der Waals surface area contributed by atoms with Crippen LogP contribution in [0, 0.1) is 34.5 Å². The fourth-order valence-electron chi connectivity index (χ4n) is 8.11. The highest BCUT2D eigenvalue weighted by molar-refractivity contribution is 6.70. The fraction of sp³-hybridized carbons (Fsp3) is 0.960. The van der Waals surface area contributed by atoms with Crippen molar-refractivity contribution in [3.63, 3.8) is 0 Å². The maximum absolute atomic E-state index is 12.9. The van der Waals surface area contributed by atoms with Gasteiger partial charge in [0.25, 0.3) is 0 Å². The number of hydrogen-bond donors (Lipinski definition) is 0. The van der Waals surface area contributed by atoms with Crippen LogP contribution in [0.25, 0.3) is 0 Å². The summed E-state index contributed by atoms with van der Waals surface area (Å²) >= 11 is 0. The average molecular weight is 451 g/mol. The van der Waals surface area contributed by atoms with Gasteiger partial charge in [-0.3, -0.25) is 4.79 Å². The van der Waals surface area contributed by atoms with Crippen LogP contribution in [0.15, 0.2) is 0 Å². The summed E-state index contributed by atoms with van der Waals surface area (Å²) in [6.45, 7) is 18.9. The second-order valence-corrected chi connectivity index (χ2v) is 22.5. The van der Waals surface area contributed by atoms with E-state index in [9.17, 15) is 4.79 Å². The molecule has 8 atom stereocenters. The van der Waals surface area contributed by atoms with Crippen LogP contribution in [0.3, 0.4) is 0 Å². The largest absolute Gasteiger partial charge is 0.415 e. The Kier molecular flexibility index (Phi) is 5.82. The smallest absolute Gasteiger partial charge is 0.184 e. The monoisotopic (exact) mass is 450 g/mol. The molecule has 0 aromatic rings. The van der Waals surface area contributed by atoms with E-state index >= 15 is 0 Å². The molecule has 0 radical (unpaired) electrons. The summed E-state index contributed by atoms with van der Waals surface area (Å²) in [6, 6.07) is 0. The highest BCUT2D eigenvalue weighted by atomic mass is 28.4. The van der Waals surface area contributed by atoms with E-state index in [0.29, 0.717) is 41.2 Å². The molecular formula is C25H46O3Si2. The highest BCUT2D eigenvalue weighted by Gasteiger charge is 2.63. The van der Waals surface area contributed by atoms with Gasteiger partial charge in [0.15, 0.2) is 16.6 Å². The van der Waals surface area contributed by atoms with E-state index in [1.54, 1.807) is 0 Å². The summed E-state index contributed by atoms with van der Waals surface area (Å²) < 4.78 is 13.6. The van der Waals surface area contributed by atoms with Crippen LogP contribution in [0.2, 0.25) is 39.3 Å². The zero-order chi connectivity index (χ0) is 22.1. The summed E-state index contributed by atoms with van der Waals surface area (Å²) in [4.78, 5) is 12.9. The third-order valence-corrected chi connectivity index (χ3v) is 11.4. The van der Waals surface area contributed by atoms with Crippen LogP contribution >= 0.6 is 0 Å². The van der Waals surface area contributed by atoms with Crippen LogP contribution in [0.1, 0.15) is 65.2 Å².